The van der Waals surface area contributed by atoms with E-state index in [2.05, 4.69) is 38.1 Å². The van der Waals surface area contributed by atoms with Crippen LogP contribution in [-0.4, -0.2) is 16.5 Å². The Bertz CT molecular complexity index is 587. The van der Waals surface area contributed by atoms with Crippen LogP contribution in [0.15, 0.2) is 35.1 Å². The van der Waals surface area contributed by atoms with Gasteiger partial charge in [-0.25, -0.2) is 4.39 Å². The quantitative estimate of drug-likeness (QED) is 0.855. The average molecular weight is 352 g/mol. The number of rotatable bonds is 6. The summed E-state index contributed by atoms with van der Waals surface area (Å²) >= 11 is 3.28. The molecule has 0 spiro atoms. The molecule has 1 atom stereocenters. The van der Waals surface area contributed by atoms with E-state index in [0.29, 0.717) is 12.0 Å². The van der Waals surface area contributed by atoms with Crippen LogP contribution >= 0.6 is 15.9 Å². The van der Waals surface area contributed by atoms with Crippen molar-refractivity contribution in [3.63, 3.8) is 0 Å². The third-order valence-electron chi connectivity index (χ3n) is 3.24. The van der Waals surface area contributed by atoms with E-state index in [1.807, 2.05) is 19.1 Å². The molecule has 1 heterocycles. The minimum atomic E-state index is -0.201. The lowest BCUT2D eigenvalue weighted by atomic mass is 10.0. The summed E-state index contributed by atoms with van der Waals surface area (Å²) in [6, 6.07) is 5.12. The second-order valence-electron chi connectivity index (χ2n) is 5.03. The second-order valence-corrected chi connectivity index (χ2v) is 5.94. The summed E-state index contributed by atoms with van der Waals surface area (Å²) in [6.45, 7) is 4.86. The lowest BCUT2D eigenvalue weighted by Gasteiger charge is -2.18. The number of nitrogens with zero attached hydrogens (tertiary/aromatic N) is 2. The molecule has 0 aliphatic carbocycles. The van der Waals surface area contributed by atoms with Gasteiger partial charge in [-0.15, -0.1) is 0 Å². The normalized spacial score (nSPS) is 12.4. The van der Waals surface area contributed by atoms with E-state index >= 15 is 0 Å². The van der Waals surface area contributed by atoms with Crippen LogP contribution in [0, 0.1) is 12.7 Å². The number of hydrogen-bond donors (Lipinski definition) is 1. The SMILES string of the molecule is CCCNC(Cc1ccc(Br)cc1F)c1cnc(C)cn1. The van der Waals surface area contributed by atoms with Crippen molar-refractivity contribution >= 4 is 15.9 Å². The monoisotopic (exact) mass is 351 g/mol. The van der Waals surface area contributed by atoms with Crippen LogP contribution in [0.5, 0.6) is 0 Å². The highest BCUT2D eigenvalue weighted by atomic mass is 79.9. The minimum Gasteiger partial charge on any atom is -0.308 e. The molecule has 0 aliphatic heterocycles. The Balaban J connectivity index is 2.21. The van der Waals surface area contributed by atoms with Crippen LogP contribution in [0.3, 0.4) is 0 Å². The summed E-state index contributed by atoms with van der Waals surface area (Å²) < 4.78 is 14.8. The first-order chi connectivity index (χ1) is 10.1. The van der Waals surface area contributed by atoms with Crippen molar-refractivity contribution in [1.82, 2.24) is 15.3 Å². The Labute approximate surface area is 133 Å². The first kappa shape index (κ1) is 16.0. The maximum atomic E-state index is 14.0. The molecule has 0 saturated heterocycles. The molecule has 1 unspecified atom stereocenters. The summed E-state index contributed by atoms with van der Waals surface area (Å²) in [5.74, 6) is -0.201. The van der Waals surface area contributed by atoms with E-state index in [1.54, 1.807) is 12.4 Å². The first-order valence-electron chi connectivity index (χ1n) is 7.06. The summed E-state index contributed by atoms with van der Waals surface area (Å²) in [6.07, 6.45) is 5.07. The summed E-state index contributed by atoms with van der Waals surface area (Å²) in [5, 5.41) is 3.41. The third kappa shape index (κ3) is 4.58. The molecule has 21 heavy (non-hydrogen) atoms. The molecule has 5 heteroatoms. The first-order valence-corrected chi connectivity index (χ1v) is 7.85. The van der Waals surface area contributed by atoms with Crippen LogP contribution < -0.4 is 5.32 Å². The van der Waals surface area contributed by atoms with Gasteiger partial charge in [0.15, 0.2) is 0 Å². The number of aryl methyl sites for hydroxylation is 1. The van der Waals surface area contributed by atoms with Gasteiger partial charge in [-0.05, 0) is 44.0 Å². The molecular formula is C16H19BrFN3. The van der Waals surface area contributed by atoms with E-state index in [1.165, 1.54) is 6.07 Å². The van der Waals surface area contributed by atoms with Gasteiger partial charge >= 0.3 is 0 Å². The van der Waals surface area contributed by atoms with Crippen LogP contribution in [0.2, 0.25) is 0 Å². The number of benzene rings is 1. The Morgan fingerprint density at radius 3 is 2.71 bits per heavy atom. The number of nitrogens with one attached hydrogen (secondary N) is 1. The minimum absolute atomic E-state index is 0.0336. The Kier molecular flexibility index (Phi) is 5.82. The number of halogens is 2. The van der Waals surface area contributed by atoms with Crippen molar-refractivity contribution in [2.75, 3.05) is 6.54 Å². The molecule has 0 amide bonds. The summed E-state index contributed by atoms with van der Waals surface area (Å²) in [4.78, 5) is 8.70. The molecule has 0 aliphatic rings. The highest BCUT2D eigenvalue weighted by molar-refractivity contribution is 9.10. The van der Waals surface area contributed by atoms with E-state index in [-0.39, 0.29) is 11.9 Å². The van der Waals surface area contributed by atoms with Crippen molar-refractivity contribution in [2.24, 2.45) is 0 Å². The smallest absolute Gasteiger partial charge is 0.127 e. The molecule has 0 saturated carbocycles. The van der Waals surface area contributed by atoms with E-state index < -0.39 is 0 Å². The van der Waals surface area contributed by atoms with Crippen molar-refractivity contribution < 1.29 is 4.39 Å². The third-order valence-corrected chi connectivity index (χ3v) is 3.73. The van der Waals surface area contributed by atoms with Gasteiger partial charge < -0.3 is 5.32 Å². The second kappa shape index (κ2) is 7.61. The van der Waals surface area contributed by atoms with Gasteiger partial charge in [-0.2, -0.15) is 0 Å². The van der Waals surface area contributed by atoms with Gasteiger partial charge in [-0.3, -0.25) is 9.97 Å². The van der Waals surface area contributed by atoms with Crippen LogP contribution in [0.25, 0.3) is 0 Å². The topological polar surface area (TPSA) is 37.8 Å². The van der Waals surface area contributed by atoms with Gasteiger partial charge in [0.1, 0.15) is 5.82 Å². The van der Waals surface area contributed by atoms with Crippen molar-refractivity contribution in [3.8, 4) is 0 Å². The summed E-state index contributed by atoms with van der Waals surface area (Å²) in [7, 11) is 0. The summed E-state index contributed by atoms with van der Waals surface area (Å²) in [5.41, 5.74) is 2.40. The Morgan fingerprint density at radius 1 is 1.29 bits per heavy atom. The fraction of sp³-hybridized carbons (Fsp3) is 0.375. The van der Waals surface area contributed by atoms with Gasteiger partial charge in [0.25, 0.3) is 0 Å². The molecule has 1 N–H and O–H groups in total. The van der Waals surface area contributed by atoms with Crippen LogP contribution in [-0.2, 0) is 6.42 Å². The largest absolute Gasteiger partial charge is 0.308 e. The van der Waals surface area contributed by atoms with Gasteiger partial charge in [0.2, 0.25) is 0 Å². The van der Waals surface area contributed by atoms with E-state index in [9.17, 15) is 4.39 Å². The molecule has 2 aromatic rings. The lowest BCUT2D eigenvalue weighted by Crippen LogP contribution is -2.25. The molecular weight excluding hydrogens is 333 g/mol. The fourth-order valence-electron chi connectivity index (χ4n) is 2.09. The zero-order valence-corrected chi connectivity index (χ0v) is 13.8. The highest BCUT2D eigenvalue weighted by Gasteiger charge is 2.15. The molecule has 0 fully saturated rings. The van der Waals surface area contributed by atoms with Crippen LogP contribution in [0.4, 0.5) is 4.39 Å². The molecule has 1 aromatic carbocycles. The van der Waals surface area contributed by atoms with Gasteiger partial charge in [0, 0.05) is 10.7 Å². The molecule has 0 radical (unpaired) electrons. The van der Waals surface area contributed by atoms with Gasteiger partial charge in [-0.1, -0.05) is 28.9 Å². The van der Waals surface area contributed by atoms with Gasteiger partial charge in [0.05, 0.1) is 23.6 Å². The maximum absolute atomic E-state index is 14.0. The van der Waals surface area contributed by atoms with E-state index in [4.69, 9.17) is 0 Å². The van der Waals surface area contributed by atoms with Crippen LogP contribution in [0.1, 0.15) is 36.3 Å². The highest BCUT2D eigenvalue weighted by Crippen LogP contribution is 2.21. The fourth-order valence-corrected chi connectivity index (χ4v) is 2.42. The molecule has 2 rings (SSSR count). The van der Waals surface area contributed by atoms with Crippen molar-refractivity contribution in [1.29, 1.82) is 0 Å². The predicted molar refractivity (Wildman–Crippen MR) is 85.6 cm³/mol. The number of aromatic nitrogens is 2. The lowest BCUT2D eigenvalue weighted by molar-refractivity contribution is 0.501. The molecule has 1 aromatic heterocycles. The zero-order valence-electron chi connectivity index (χ0n) is 12.2. The van der Waals surface area contributed by atoms with Crippen molar-refractivity contribution in [3.05, 3.63) is 57.8 Å². The zero-order chi connectivity index (χ0) is 15.2. The Morgan fingerprint density at radius 2 is 2.10 bits per heavy atom. The molecule has 112 valence electrons. The molecule has 3 nitrogen and oxygen atoms in total. The average Bonchev–Trinajstić information content (AvgIpc) is 2.46. The molecule has 0 bridgehead atoms. The van der Waals surface area contributed by atoms with E-state index in [0.717, 1.165) is 28.8 Å². The standard InChI is InChI=1S/C16H19BrFN3/c1-3-6-19-15(16-10-20-11(2)9-21-16)7-12-4-5-13(17)8-14(12)18/h4-5,8-10,15,19H,3,6-7H2,1-2H3. The van der Waals surface area contributed by atoms with Crippen molar-refractivity contribution in [2.45, 2.75) is 32.7 Å². The Hall–Kier alpha value is -1.33. The number of hydrogen-bond acceptors (Lipinski definition) is 3. The maximum Gasteiger partial charge on any atom is 0.127 e. The predicted octanol–water partition coefficient (Wildman–Crippen LogP) is 3.97.